The maximum atomic E-state index is 14.3. The van der Waals surface area contributed by atoms with E-state index >= 15 is 0 Å². The highest BCUT2D eigenvalue weighted by Gasteiger charge is 2.54. The van der Waals surface area contributed by atoms with Crippen LogP contribution in [0.3, 0.4) is 0 Å². The molecule has 23 heavy (non-hydrogen) atoms. The SMILES string of the molecule is [2H][C@]12C=CC=C[C@H]1[C@H](c1ccccc1)N(C)[P@]2(=O)c1ccccc1. The second kappa shape index (κ2) is 5.63. The molecule has 0 radical (unpaired) electrons. The Hall–Kier alpha value is -1.89. The number of hydrogen-bond donors (Lipinski definition) is 0. The molecule has 1 heterocycles. The summed E-state index contributed by atoms with van der Waals surface area (Å²) in [4.78, 5) is 0. The highest BCUT2D eigenvalue weighted by atomic mass is 31.2. The van der Waals surface area contributed by atoms with Crippen molar-refractivity contribution in [1.82, 2.24) is 4.67 Å². The van der Waals surface area contributed by atoms with Crippen molar-refractivity contribution in [1.29, 1.82) is 0 Å². The van der Waals surface area contributed by atoms with Gasteiger partial charge in [0, 0.05) is 18.6 Å². The molecular formula is C20H20NOP. The zero-order chi connectivity index (χ0) is 16.8. The maximum absolute atomic E-state index is 14.3. The fourth-order valence-electron chi connectivity index (χ4n) is 3.74. The van der Waals surface area contributed by atoms with Gasteiger partial charge in [-0.05, 0) is 12.6 Å². The number of hydrogen-bond acceptors (Lipinski definition) is 1. The average molecular weight is 322 g/mol. The van der Waals surface area contributed by atoms with Crippen LogP contribution in [0.1, 0.15) is 13.0 Å². The van der Waals surface area contributed by atoms with Crippen LogP contribution in [0.5, 0.6) is 0 Å². The molecule has 0 spiro atoms. The minimum Gasteiger partial charge on any atom is -0.301 e. The van der Waals surface area contributed by atoms with Gasteiger partial charge in [-0.15, -0.1) is 0 Å². The molecule has 4 rings (SSSR count). The molecule has 0 N–H and O–H groups in total. The zero-order valence-corrected chi connectivity index (χ0v) is 13.9. The normalized spacial score (nSPS) is 36.7. The van der Waals surface area contributed by atoms with Crippen LogP contribution in [0.15, 0.2) is 85.0 Å². The van der Waals surface area contributed by atoms with Crippen molar-refractivity contribution < 1.29 is 5.94 Å². The molecule has 2 nitrogen and oxygen atoms in total. The Morgan fingerprint density at radius 2 is 1.57 bits per heavy atom. The van der Waals surface area contributed by atoms with Gasteiger partial charge >= 0.3 is 0 Å². The second-order valence-electron chi connectivity index (χ2n) is 6.04. The molecule has 2 aromatic rings. The van der Waals surface area contributed by atoms with Crippen molar-refractivity contribution in [3.63, 3.8) is 0 Å². The quantitative estimate of drug-likeness (QED) is 0.764. The third-order valence-corrected chi connectivity index (χ3v) is 8.10. The van der Waals surface area contributed by atoms with Crippen molar-refractivity contribution >= 4 is 12.6 Å². The molecule has 0 amide bonds. The smallest absolute Gasteiger partial charge is 0.186 e. The van der Waals surface area contributed by atoms with Crippen LogP contribution >= 0.6 is 7.29 Å². The van der Waals surface area contributed by atoms with Gasteiger partial charge in [0.2, 0.25) is 0 Å². The van der Waals surface area contributed by atoms with Gasteiger partial charge in [-0.1, -0.05) is 85.0 Å². The molecule has 0 saturated carbocycles. The molecule has 2 aromatic carbocycles. The summed E-state index contributed by atoms with van der Waals surface area (Å²) in [5, 5.41) is 0.755. The first-order valence-corrected chi connectivity index (χ1v) is 9.55. The minimum absolute atomic E-state index is 0.0732. The Morgan fingerprint density at radius 3 is 2.26 bits per heavy atom. The molecule has 1 aliphatic carbocycles. The fourth-order valence-corrected chi connectivity index (χ4v) is 6.89. The van der Waals surface area contributed by atoms with Gasteiger partial charge in [0.25, 0.3) is 0 Å². The summed E-state index contributed by atoms with van der Waals surface area (Å²) in [7, 11) is -1.21. The molecule has 1 saturated heterocycles. The Kier molecular flexibility index (Phi) is 3.32. The molecule has 1 fully saturated rings. The lowest BCUT2D eigenvalue weighted by molar-refractivity contribution is 0.361. The van der Waals surface area contributed by atoms with E-state index in [-0.39, 0.29) is 12.0 Å². The van der Waals surface area contributed by atoms with Crippen LogP contribution in [0.2, 0.25) is 0 Å². The first-order chi connectivity index (χ1) is 11.6. The number of rotatable bonds is 2. The standard InChI is InChI=1S/C20H20NOP/c1-21-20(16-10-4-2-5-11-16)18-14-8-9-15-19(18)23(21,22)17-12-6-3-7-13-17/h2-15,18-20H,1H3/t18-,19+,20+,23+/m1/s1/i19D. The van der Waals surface area contributed by atoms with Crippen molar-refractivity contribution in [2.24, 2.45) is 5.92 Å². The summed E-state index contributed by atoms with van der Waals surface area (Å²) >= 11 is 0. The third kappa shape index (κ3) is 2.17. The summed E-state index contributed by atoms with van der Waals surface area (Å²) in [5.41, 5.74) is -0.0338. The van der Waals surface area contributed by atoms with Gasteiger partial charge < -0.3 is 4.57 Å². The van der Waals surface area contributed by atoms with E-state index in [0.717, 1.165) is 10.9 Å². The van der Waals surface area contributed by atoms with Crippen LogP contribution in [0.25, 0.3) is 0 Å². The first kappa shape index (κ1) is 13.5. The maximum Gasteiger partial charge on any atom is 0.186 e. The Morgan fingerprint density at radius 1 is 0.957 bits per heavy atom. The number of nitrogens with zero attached hydrogens (tertiary/aromatic N) is 1. The van der Waals surface area contributed by atoms with E-state index in [1.165, 1.54) is 0 Å². The van der Waals surface area contributed by atoms with E-state index in [1.807, 2.05) is 84.6 Å². The average Bonchev–Trinajstić information content (AvgIpc) is 2.82. The predicted molar refractivity (Wildman–Crippen MR) is 96.2 cm³/mol. The number of fused-ring (bicyclic) bond motifs is 1. The van der Waals surface area contributed by atoms with Crippen LogP contribution in [0.4, 0.5) is 0 Å². The molecule has 3 heteroatoms. The van der Waals surface area contributed by atoms with Crippen molar-refractivity contribution in [3.8, 4) is 0 Å². The Balaban J connectivity index is 1.94. The summed E-state index contributed by atoms with van der Waals surface area (Å²) < 4.78 is 25.4. The van der Waals surface area contributed by atoms with E-state index in [0.29, 0.717) is 0 Å². The molecular weight excluding hydrogens is 301 g/mol. The van der Waals surface area contributed by atoms with Gasteiger partial charge in [0.05, 0.1) is 5.64 Å². The Bertz CT molecular complexity index is 848. The van der Waals surface area contributed by atoms with Gasteiger partial charge in [0.15, 0.2) is 7.29 Å². The molecule has 116 valence electrons. The first-order valence-electron chi connectivity index (χ1n) is 8.39. The lowest BCUT2D eigenvalue weighted by Gasteiger charge is -2.27. The molecule has 2 aliphatic rings. The molecule has 0 bridgehead atoms. The second-order valence-corrected chi connectivity index (χ2v) is 8.85. The largest absolute Gasteiger partial charge is 0.301 e. The van der Waals surface area contributed by atoms with Gasteiger partial charge in [-0.25, -0.2) is 4.67 Å². The van der Waals surface area contributed by atoms with E-state index in [9.17, 15) is 5.94 Å². The van der Waals surface area contributed by atoms with Crippen LogP contribution in [-0.4, -0.2) is 17.4 Å². The number of benzene rings is 2. The molecule has 0 unspecified atom stereocenters. The van der Waals surface area contributed by atoms with Gasteiger partial charge in [0.1, 0.15) is 0 Å². The van der Waals surface area contributed by atoms with Crippen LogP contribution in [0, 0.1) is 5.92 Å². The molecule has 4 atom stereocenters. The van der Waals surface area contributed by atoms with Gasteiger partial charge in [-0.3, -0.25) is 0 Å². The van der Waals surface area contributed by atoms with E-state index in [1.54, 1.807) is 0 Å². The third-order valence-electron chi connectivity index (χ3n) is 4.82. The predicted octanol–water partition coefficient (Wildman–Crippen LogP) is 4.39. The summed E-state index contributed by atoms with van der Waals surface area (Å²) in [6.45, 7) is 0. The van der Waals surface area contributed by atoms with Crippen molar-refractivity contribution in [3.05, 3.63) is 90.5 Å². The van der Waals surface area contributed by atoms with Crippen molar-refractivity contribution in [2.45, 2.75) is 11.7 Å². The van der Waals surface area contributed by atoms with Crippen LogP contribution in [-0.2, 0) is 4.57 Å². The monoisotopic (exact) mass is 322 g/mol. The lowest BCUT2D eigenvalue weighted by atomic mass is 9.88. The highest BCUT2D eigenvalue weighted by molar-refractivity contribution is 7.70. The van der Waals surface area contributed by atoms with E-state index in [2.05, 4.69) is 12.1 Å². The number of allylic oxidation sites excluding steroid dienone is 3. The molecule has 0 aromatic heterocycles. The molecule has 1 aliphatic heterocycles. The van der Waals surface area contributed by atoms with Crippen molar-refractivity contribution in [2.75, 3.05) is 7.05 Å². The minimum atomic E-state index is -3.12. The van der Waals surface area contributed by atoms with E-state index in [4.69, 9.17) is 0 Å². The fraction of sp³-hybridized carbons (Fsp3) is 0.200. The topological polar surface area (TPSA) is 20.3 Å². The van der Waals surface area contributed by atoms with Crippen LogP contribution < -0.4 is 5.30 Å². The summed E-state index contributed by atoms with van der Waals surface area (Å²) in [6.07, 6.45) is 7.71. The summed E-state index contributed by atoms with van der Waals surface area (Å²) in [5.74, 6) is -0.138. The summed E-state index contributed by atoms with van der Waals surface area (Å²) in [6, 6.07) is 19.6. The zero-order valence-electron chi connectivity index (χ0n) is 14.0. The van der Waals surface area contributed by atoms with Gasteiger partial charge in [-0.2, -0.15) is 0 Å². The highest BCUT2D eigenvalue weighted by Crippen LogP contribution is 2.67. The Labute approximate surface area is 139 Å². The lowest BCUT2D eigenvalue weighted by Crippen LogP contribution is -2.22. The van der Waals surface area contributed by atoms with E-state index < -0.39 is 12.9 Å².